The van der Waals surface area contributed by atoms with Crippen molar-refractivity contribution in [1.29, 1.82) is 0 Å². The maximum absolute atomic E-state index is 9.41. The molecule has 17 heavy (non-hydrogen) atoms. The van der Waals surface area contributed by atoms with Gasteiger partial charge in [0.05, 0.1) is 29.4 Å². The van der Waals surface area contributed by atoms with Crippen molar-refractivity contribution in [3.8, 4) is 11.4 Å². The van der Waals surface area contributed by atoms with E-state index in [1.165, 1.54) is 0 Å². The topological polar surface area (TPSA) is 64.1 Å². The first-order chi connectivity index (χ1) is 7.89. The Hall–Kier alpha value is -1.81. The summed E-state index contributed by atoms with van der Waals surface area (Å²) in [4.78, 5) is 4.15. The maximum Gasteiger partial charge on any atom is 0.115 e. The Morgan fingerprint density at radius 1 is 1.35 bits per heavy atom. The lowest BCUT2D eigenvalue weighted by atomic mass is 10.0. The van der Waals surface area contributed by atoms with Crippen molar-refractivity contribution in [1.82, 2.24) is 9.55 Å². The van der Waals surface area contributed by atoms with Gasteiger partial charge in [-0.25, -0.2) is 4.98 Å². The molecule has 0 fully saturated rings. The number of phenols is 1. The van der Waals surface area contributed by atoms with Crippen molar-refractivity contribution < 1.29 is 5.11 Å². The summed E-state index contributed by atoms with van der Waals surface area (Å²) in [5.41, 5.74) is 8.55. The van der Waals surface area contributed by atoms with E-state index in [1.54, 1.807) is 24.7 Å². The number of hydrogen-bond acceptors (Lipinski definition) is 3. The molecule has 2 aromatic rings. The molecule has 0 bridgehead atoms. The zero-order valence-electron chi connectivity index (χ0n) is 10.3. The van der Waals surface area contributed by atoms with E-state index in [9.17, 15) is 5.11 Å². The van der Waals surface area contributed by atoms with Crippen LogP contribution in [-0.4, -0.2) is 14.7 Å². The van der Waals surface area contributed by atoms with Crippen LogP contribution in [0.2, 0.25) is 0 Å². The quantitative estimate of drug-likeness (QED) is 0.831. The summed E-state index contributed by atoms with van der Waals surface area (Å²) in [5, 5.41) is 9.41. The third-order valence-corrected chi connectivity index (χ3v) is 2.74. The molecular formula is C13H17N3O. The average molecular weight is 231 g/mol. The molecule has 4 nitrogen and oxygen atoms in total. The van der Waals surface area contributed by atoms with Crippen LogP contribution in [0.5, 0.6) is 5.75 Å². The van der Waals surface area contributed by atoms with Crippen molar-refractivity contribution in [2.45, 2.75) is 26.3 Å². The first kappa shape index (κ1) is 11.7. The smallest absolute Gasteiger partial charge is 0.115 e. The number of aromatic nitrogens is 2. The Balaban J connectivity index is 2.58. The van der Waals surface area contributed by atoms with Gasteiger partial charge in [0.25, 0.3) is 0 Å². The van der Waals surface area contributed by atoms with Crippen LogP contribution in [0.15, 0.2) is 30.7 Å². The second-order valence-corrected chi connectivity index (χ2v) is 4.84. The molecule has 0 aliphatic rings. The SMILES string of the molecule is Cc1cc(O)ccc1-n1cncc1C(C)(C)N. The highest BCUT2D eigenvalue weighted by Crippen LogP contribution is 2.24. The van der Waals surface area contributed by atoms with E-state index >= 15 is 0 Å². The van der Waals surface area contributed by atoms with Gasteiger partial charge in [-0.3, -0.25) is 0 Å². The van der Waals surface area contributed by atoms with Gasteiger partial charge in [-0.1, -0.05) is 0 Å². The fraction of sp³-hybridized carbons (Fsp3) is 0.308. The van der Waals surface area contributed by atoms with Crippen molar-refractivity contribution in [3.63, 3.8) is 0 Å². The zero-order chi connectivity index (χ0) is 12.6. The largest absolute Gasteiger partial charge is 0.508 e. The monoisotopic (exact) mass is 231 g/mol. The molecular weight excluding hydrogens is 214 g/mol. The highest BCUT2D eigenvalue weighted by Gasteiger charge is 2.20. The van der Waals surface area contributed by atoms with Gasteiger partial charge in [-0.15, -0.1) is 0 Å². The van der Waals surface area contributed by atoms with Crippen molar-refractivity contribution >= 4 is 0 Å². The first-order valence-corrected chi connectivity index (χ1v) is 5.51. The van der Waals surface area contributed by atoms with Gasteiger partial charge in [0, 0.05) is 0 Å². The minimum Gasteiger partial charge on any atom is -0.508 e. The molecule has 3 N–H and O–H groups in total. The van der Waals surface area contributed by atoms with Crippen LogP contribution in [0.3, 0.4) is 0 Å². The van der Waals surface area contributed by atoms with E-state index < -0.39 is 5.54 Å². The summed E-state index contributed by atoms with van der Waals surface area (Å²) in [6, 6.07) is 5.25. The Bertz CT molecular complexity index is 538. The molecule has 0 unspecified atom stereocenters. The number of hydrogen-bond donors (Lipinski definition) is 2. The highest BCUT2D eigenvalue weighted by molar-refractivity contribution is 5.46. The summed E-state index contributed by atoms with van der Waals surface area (Å²) in [7, 11) is 0. The minimum absolute atomic E-state index is 0.264. The highest BCUT2D eigenvalue weighted by atomic mass is 16.3. The van der Waals surface area contributed by atoms with Gasteiger partial charge in [-0.2, -0.15) is 0 Å². The molecule has 0 aliphatic carbocycles. The Kier molecular flexibility index (Phi) is 2.67. The summed E-state index contributed by atoms with van der Waals surface area (Å²) in [6.07, 6.45) is 3.51. The molecule has 0 amide bonds. The molecule has 0 aliphatic heterocycles. The molecule has 0 radical (unpaired) electrons. The van der Waals surface area contributed by atoms with Crippen LogP contribution in [0.1, 0.15) is 25.1 Å². The first-order valence-electron chi connectivity index (χ1n) is 5.51. The van der Waals surface area contributed by atoms with Crippen molar-refractivity contribution in [3.05, 3.63) is 42.0 Å². The summed E-state index contributed by atoms with van der Waals surface area (Å²) in [5.74, 6) is 0.264. The number of benzene rings is 1. The molecule has 0 spiro atoms. The van der Waals surface area contributed by atoms with E-state index in [-0.39, 0.29) is 5.75 Å². The Morgan fingerprint density at radius 3 is 2.65 bits per heavy atom. The standard InChI is InChI=1S/C13H17N3O/c1-9-6-10(17)4-5-11(9)16-8-15-7-12(16)13(2,3)14/h4-8,17H,14H2,1-3H3. The van der Waals surface area contributed by atoms with E-state index in [0.29, 0.717) is 0 Å². The zero-order valence-corrected chi connectivity index (χ0v) is 10.3. The number of aromatic hydroxyl groups is 1. The molecule has 0 saturated heterocycles. The van der Waals surface area contributed by atoms with Crippen LogP contribution in [0, 0.1) is 6.92 Å². The minimum atomic E-state index is -0.458. The lowest BCUT2D eigenvalue weighted by molar-refractivity contribution is 0.474. The number of rotatable bonds is 2. The lowest BCUT2D eigenvalue weighted by Gasteiger charge is -2.21. The molecule has 0 atom stereocenters. The predicted octanol–water partition coefficient (Wildman–Crippen LogP) is 2.08. The van der Waals surface area contributed by atoms with Gasteiger partial charge in [0.1, 0.15) is 5.75 Å². The molecule has 2 rings (SSSR count). The third kappa shape index (κ3) is 2.17. The van der Waals surface area contributed by atoms with Crippen LogP contribution in [0.25, 0.3) is 5.69 Å². The molecule has 90 valence electrons. The molecule has 1 aromatic heterocycles. The summed E-state index contributed by atoms with van der Waals surface area (Å²) in [6.45, 7) is 5.83. The normalized spacial score (nSPS) is 11.8. The van der Waals surface area contributed by atoms with E-state index in [2.05, 4.69) is 4.98 Å². The number of phenolic OH excluding ortho intramolecular Hbond substituents is 1. The number of aryl methyl sites for hydroxylation is 1. The van der Waals surface area contributed by atoms with Crippen molar-refractivity contribution in [2.24, 2.45) is 5.73 Å². The Labute approximate surface area is 101 Å². The van der Waals surface area contributed by atoms with Crippen LogP contribution in [-0.2, 0) is 5.54 Å². The van der Waals surface area contributed by atoms with Crippen LogP contribution >= 0.6 is 0 Å². The maximum atomic E-state index is 9.41. The van der Waals surface area contributed by atoms with Gasteiger partial charge >= 0.3 is 0 Å². The van der Waals surface area contributed by atoms with Crippen molar-refractivity contribution in [2.75, 3.05) is 0 Å². The van der Waals surface area contributed by atoms with Gasteiger partial charge in [-0.05, 0) is 44.5 Å². The van der Waals surface area contributed by atoms with Gasteiger partial charge < -0.3 is 15.4 Å². The summed E-state index contributed by atoms with van der Waals surface area (Å²) < 4.78 is 1.95. The number of nitrogens with zero attached hydrogens (tertiary/aromatic N) is 2. The fourth-order valence-electron chi connectivity index (χ4n) is 1.87. The second kappa shape index (κ2) is 3.89. The second-order valence-electron chi connectivity index (χ2n) is 4.84. The fourth-order valence-corrected chi connectivity index (χ4v) is 1.87. The van der Waals surface area contributed by atoms with Crippen LogP contribution < -0.4 is 5.73 Å². The number of nitrogens with two attached hydrogens (primary N) is 1. The molecule has 4 heteroatoms. The third-order valence-electron chi connectivity index (χ3n) is 2.74. The molecule has 1 heterocycles. The molecule has 1 aromatic carbocycles. The molecule has 0 saturated carbocycles. The number of imidazole rings is 1. The van der Waals surface area contributed by atoms with E-state index in [0.717, 1.165) is 16.9 Å². The van der Waals surface area contributed by atoms with Crippen LogP contribution in [0.4, 0.5) is 0 Å². The predicted molar refractivity (Wildman–Crippen MR) is 67.2 cm³/mol. The van der Waals surface area contributed by atoms with Gasteiger partial charge in [0.15, 0.2) is 0 Å². The lowest BCUT2D eigenvalue weighted by Crippen LogP contribution is -2.31. The van der Waals surface area contributed by atoms with E-state index in [1.807, 2.05) is 31.4 Å². The Morgan fingerprint density at radius 2 is 2.06 bits per heavy atom. The average Bonchev–Trinajstić information content (AvgIpc) is 2.65. The van der Waals surface area contributed by atoms with E-state index in [4.69, 9.17) is 5.73 Å². The summed E-state index contributed by atoms with van der Waals surface area (Å²) >= 11 is 0. The van der Waals surface area contributed by atoms with Gasteiger partial charge in [0.2, 0.25) is 0 Å².